The molecule has 4 nitrogen and oxygen atoms in total. The number of aromatic nitrogens is 1. The molecular weight excluding hydrogens is 285 g/mol. The molecule has 116 valence electrons. The summed E-state index contributed by atoms with van der Waals surface area (Å²) in [5.41, 5.74) is 1.04. The van der Waals surface area contributed by atoms with Crippen LogP contribution in [0.3, 0.4) is 0 Å². The average molecular weight is 303 g/mol. The lowest BCUT2D eigenvalue weighted by Crippen LogP contribution is -2.48. The van der Waals surface area contributed by atoms with E-state index in [1.54, 1.807) is 26.0 Å². The summed E-state index contributed by atoms with van der Waals surface area (Å²) in [6.07, 6.45) is 0.265. The van der Waals surface area contributed by atoms with Crippen molar-refractivity contribution in [2.24, 2.45) is 5.92 Å². The van der Waals surface area contributed by atoms with Crippen LogP contribution in [-0.4, -0.2) is 21.6 Å². The van der Waals surface area contributed by atoms with Crippen LogP contribution in [0.25, 0.3) is 0 Å². The van der Waals surface area contributed by atoms with Gasteiger partial charge in [0.2, 0.25) is 0 Å². The number of aliphatic hydroxyl groups is 1. The molecule has 1 aromatic carbocycles. The van der Waals surface area contributed by atoms with Crippen molar-refractivity contribution in [3.05, 3.63) is 52.7 Å². The molecule has 0 bridgehead atoms. The van der Waals surface area contributed by atoms with Gasteiger partial charge in [-0.1, -0.05) is 17.3 Å². The SMILES string of the molecule is CC(=O)[C@@H]1[C@@H](c2ccc(F)cc2)c2c(noc2C)C[C@]1(C)O. The first-order valence-electron chi connectivity index (χ1n) is 7.24. The molecule has 0 unspecified atom stereocenters. The van der Waals surface area contributed by atoms with Crippen LogP contribution in [0.2, 0.25) is 0 Å². The molecule has 0 amide bonds. The minimum absolute atomic E-state index is 0.106. The molecule has 2 aromatic rings. The number of aryl methyl sites for hydroxylation is 1. The van der Waals surface area contributed by atoms with Gasteiger partial charge in [-0.25, -0.2) is 4.39 Å². The Kier molecular flexibility index (Phi) is 3.40. The molecule has 0 radical (unpaired) electrons. The van der Waals surface area contributed by atoms with Gasteiger partial charge in [0, 0.05) is 17.9 Å². The predicted octanol–water partition coefficient (Wildman–Crippen LogP) is 2.77. The lowest BCUT2D eigenvalue weighted by molar-refractivity contribution is -0.130. The number of Topliss-reactive ketones (excluding diaryl/α,β-unsaturated/α-hetero) is 1. The summed E-state index contributed by atoms with van der Waals surface area (Å²) in [6.45, 7) is 4.91. The Labute approximate surface area is 127 Å². The van der Waals surface area contributed by atoms with Crippen LogP contribution in [0.4, 0.5) is 4.39 Å². The molecule has 1 aliphatic rings. The molecule has 0 aliphatic heterocycles. The fourth-order valence-electron chi connectivity index (χ4n) is 3.63. The van der Waals surface area contributed by atoms with E-state index in [-0.39, 0.29) is 23.9 Å². The Morgan fingerprint density at radius 2 is 2.05 bits per heavy atom. The number of carbonyl (C=O) groups is 1. The van der Waals surface area contributed by atoms with E-state index in [1.807, 2.05) is 0 Å². The van der Waals surface area contributed by atoms with Gasteiger partial charge >= 0.3 is 0 Å². The summed E-state index contributed by atoms with van der Waals surface area (Å²) in [4.78, 5) is 12.2. The van der Waals surface area contributed by atoms with E-state index in [0.717, 1.165) is 11.1 Å². The first-order chi connectivity index (χ1) is 10.3. The molecule has 1 heterocycles. The van der Waals surface area contributed by atoms with Crippen molar-refractivity contribution >= 4 is 5.78 Å². The molecule has 22 heavy (non-hydrogen) atoms. The Bertz CT molecular complexity index is 718. The third-order valence-electron chi connectivity index (χ3n) is 4.49. The van der Waals surface area contributed by atoms with E-state index in [1.165, 1.54) is 19.1 Å². The van der Waals surface area contributed by atoms with Crippen LogP contribution in [0.15, 0.2) is 28.8 Å². The number of fused-ring (bicyclic) bond motifs is 1. The molecule has 0 saturated heterocycles. The average Bonchev–Trinajstić information content (AvgIpc) is 2.77. The van der Waals surface area contributed by atoms with Crippen LogP contribution >= 0.6 is 0 Å². The molecular formula is C17H18FNO3. The number of hydrogen-bond acceptors (Lipinski definition) is 4. The summed E-state index contributed by atoms with van der Waals surface area (Å²) in [5, 5.41) is 14.8. The maximum absolute atomic E-state index is 13.2. The molecule has 0 fully saturated rings. The van der Waals surface area contributed by atoms with E-state index in [2.05, 4.69) is 5.16 Å². The number of nitrogens with zero attached hydrogens (tertiary/aromatic N) is 1. The molecule has 0 saturated carbocycles. The van der Waals surface area contributed by atoms with Crippen molar-refractivity contribution < 1.29 is 18.8 Å². The fraction of sp³-hybridized carbons (Fsp3) is 0.412. The van der Waals surface area contributed by atoms with Gasteiger partial charge < -0.3 is 9.63 Å². The van der Waals surface area contributed by atoms with Crippen molar-refractivity contribution in [3.8, 4) is 0 Å². The molecule has 3 atom stereocenters. The normalized spacial score (nSPS) is 27.5. The van der Waals surface area contributed by atoms with E-state index in [9.17, 15) is 14.3 Å². The summed E-state index contributed by atoms with van der Waals surface area (Å²) < 4.78 is 18.5. The second kappa shape index (κ2) is 5.02. The lowest BCUT2D eigenvalue weighted by Gasteiger charge is -2.40. The molecule has 5 heteroatoms. The van der Waals surface area contributed by atoms with Gasteiger partial charge in [-0.05, 0) is 38.5 Å². The van der Waals surface area contributed by atoms with Crippen LogP contribution in [-0.2, 0) is 11.2 Å². The number of halogens is 1. The van der Waals surface area contributed by atoms with Gasteiger partial charge in [-0.15, -0.1) is 0 Å². The van der Waals surface area contributed by atoms with Gasteiger partial charge in [0.1, 0.15) is 17.4 Å². The quantitative estimate of drug-likeness (QED) is 0.926. The first kappa shape index (κ1) is 14.9. The predicted molar refractivity (Wildman–Crippen MR) is 78.0 cm³/mol. The van der Waals surface area contributed by atoms with Crippen LogP contribution in [0, 0.1) is 18.7 Å². The van der Waals surface area contributed by atoms with E-state index in [4.69, 9.17) is 4.52 Å². The van der Waals surface area contributed by atoms with Gasteiger partial charge in [-0.3, -0.25) is 4.79 Å². The molecule has 3 rings (SSSR count). The summed E-state index contributed by atoms with van der Waals surface area (Å²) >= 11 is 0. The molecule has 0 spiro atoms. The van der Waals surface area contributed by atoms with E-state index >= 15 is 0 Å². The number of rotatable bonds is 2. The largest absolute Gasteiger partial charge is 0.389 e. The van der Waals surface area contributed by atoms with Crippen LogP contribution in [0.5, 0.6) is 0 Å². The second-order valence-electron chi connectivity index (χ2n) is 6.25. The number of ketones is 1. The Morgan fingerprint density at radius 3 is 2.64 bits per heavy atom. The van der Waals surface area contributed by atoms with Crippen molar-refractivity contribution in [1.82, 2.24) is 5.16 Å². The monoisotopic (exact) mass is 303 g/mol. The highest BCUT2D eigenvalue weighted by Gasteiger charge is 2.49. The number of hydrogen-bond donors (Lipinski definition) is 1. The van der Waals surface area contributed by atoms with Gasteiger partial charge in [0.15, 0.2) is 0 Å². The maximum Gasteiger partial charge on any atom is 0.137 e. The minimum atomic E-state index is -1.22. The van der Waals surface area contributed by atoms with Crippen molar-refractivity contribution in [2.75, 3.05) is 0 Å². The highest BCUT2D eigenvalue weighted by molar-refractivity contribution is 5.82. The zero-order valence-corrected chi connectivity index (χ0v) is 12.8. The summed E-state index contributed by atoms with van der Waals surface area (Å²) in [5.74, 6) is -0.823. The highest BCUT2D eigenvalue weighted by Crippen LogP contribution is 2.47. The topological polar surface area (TPSA) is 63.3 Å². The first-order valence-corrected chi connectivity index (χ1v) is 7.24. The minimum Gasteiger partial charge on any atom is -0.389 e. The lowest BCUT2D eigenvalue weighted by atomic mass is 9.64. The van der Waals surface area contributed by atoms with Gasteiger partial charge in [-0.2, -0.15) is 0 Å². The van der Waals surface area contributed by atoms with Crippen LogP contribution < -0.4 is 0 Å². The van der Waals surface area contributed by atoms with E-state index < -0.39 is 11.5 Å². The van der Waals surface area contributed by atoms with E-state index in [0.29, 0.717) is 11.5 Å². The maximum atomic E-state index is 13.2. The van der Waals surface area contributed by atoms with Gasteiger partial charge in [0.25, 0.3) is 0 Å². The van der Waals surface area contributed by atoms with Crippen molar-refractivity contribution in [3.63, 3.8) is 0 Å². The molecule has 1 N–H and O–H groups in total. The number of benzene rings is 1. The standard InChI is InChI=1S/C17H18FNO3/c1-9(20)16-15(11-4-6-12(18)7-5-11)14-10(2)22-19-13(14)8-17(16,3)21/h4-7,15-16,21H,8H2,1-3H3/t15-,16+,17-/m0/s1. The third-order valence-corrected chi connectivity index (χ3v) is 4.49. The smallest absolute Gasteiger partial charge is 0.137 e. The van der Waals surface area contributed by atoms with Crippen molar-refractivity contribution in [2.45, 2.75) is 38.7 Å². The Hall–Kier alpha value is -2.01. The molecule has 1 aromatic heterocycles. The van der Waals surface area contributed by atoms with Crippen molar-refractivity contribution in [1.29, 1.82) is 0 Å². The molecule has 1 aliphatic carbocycles. The summed E-state index contributed by atoms with van der Waals surface area (Å²) in [7, 11) is 0. The highest BCUT2D eigenvalue weighted by atomic mass is 19.1. The Morgan fingerprint density at radius 1 is 1.41 bits per heavy atom. The van der Waals surface area contributed by atoms with Gasteiger partial charge in [0.05, 0.1) is 17.2 Å². The fourth-order valence-corrected chi connectivity index (χ4v) is 3.63. The zero-order chi connectivity index (χ0) is 16.1. The third kappa shape index (κ3) is 2.25. The second-order valence-corrected chi connectivity index (χ2v) is 6.25. The number of carbonyl (C=O) groups excluding carboxylic acids is 1. The zero-order valence-electron chi connectivity index (χ0n) is 12.8. The summed E-state index contributed by atoms with van der Waals surface area (Å²) in [6, 6.07) is 6.01. The van der Waals surface area contributed by atoms with Crippen LogP contribution in [0.1, 0.15) is 42.3 Å². The Balaban J connectivity index is 2.23.